The summed E-state index contributed by atoms with van der Waals surface area (Å²) in [6.07, 6.45) is 0.817. The molecule has 1 aliphatic rings. The number of anilines is 2. The number of urea groups is 1. The van der Waals surface area contributed by atoms with Crippen LogP contribution >= 0.6 is 0 Å². The molecule has 2 aromatic rings. The Bertz CT molecular complexity index is 899. The molecule has 144 valence electrons. The Morgan fingerprint density at radius 2 is 1.70 bits per heavy atom. The summed E-state index contributed by atoms with van der Waals surface area (Å²) < 4.78 is 38.8. The molecular weight excluding hydrogens is 369 g/mol. The van der Waals surface area contributed by atoms with Crippen LogP contribution in [0.1, 0.15) is 18.9 Å². The van der Waals surface area contributed by atoms with Crippen molar-refractivity contribution in [3.05, 3.63) is 59.9 Å². The van der Waals surface area contributed by atoms with Crippen LogP contribution in [0.25, 0.3) is 0 Å². The molecular formula is C19H22FN3O3S. The predicted molar refractivity (Wildman–Crippen MR) is 104 cm³/mol. The van der Waals surface area contributed by atoms with Crippen LogP contribution in [0.2, 0.25) is 0 Å². The minimum Gasteiger partial charge on any atom is -0.320 e. The Labute approximate surface area is 158 Å². The van der Waals surface area contributed by atoms with Crippen LogP contribution in [0.3, 0.4) is 0 Å². The molecule has 1 aliphatic heterocycles. The van der Waals surface area contributed by atoms with Crippen LogP contribution in [0, 0.1) is 5.82 Å². The summed E-state index contributed by atoms with van der Waals surface area (Å²) in [5, 5.41) is 0. The van der Waals surface area contributed by atoms with Crippen molar-refractivity contribution < 1.29 is 17.6 Å². The summed E-state index contributed by atoms with van der Waals surface area (Å²) in [6.45, 7) is 3.22. The Kier molecular flexibility index (Phi) is 5.65. The molecule has 27 heavy (non-hydrogen) atoms. The summed E-state index contributed by atoms with van der Waals surface area (Å²) in [6, 6.07) is 12.8. The van der Waals surface area contributed by atoms with E-state index in [1.165, 1.54) is 12.1 Å². The van der Waals surface area contributed by atoms with Gasteiger partial charge in [-0.1, -0.05) is 12.1 Å². The van der Waals surface area contributed by atoms with Gasteiger partial charge in [0.15, 0.2) is 0 Å². The van der Waals surface area contributed by atoms with Gasteiger partial charge >= 0.3 is 6.03 Å². The van der Waals surface area contributed by atoms with Gasteiger partial charge in [0.2, 0.25) is 10.0 Å². The van der Waals surface area contributed by atoms with Crippen LogP contribution < -0.4 is 9.62 Å². The fraction of sp³-hybridized carbons (Fsp3) is 0.316. The third-order valence-electron chi connectivity index (χ3n) is 4.43. The Balaban J connectivity index is 1.70. The van der Waals surface area contributed by atoms with E-state index in [9.17, 15) is 17.6 Å². The van der Waals surface area contributed by atoms with Gasteiger partial charge in [-0.2, -0.15) is 0 Å². The van der Waals surface area contributed by atoms with Crippen LogP contribution in [-0.2, 0) is 16.6 Å². The van der Waals surface area contributed by atoms with Crippen molar-refractivity contribution in [3.8, 4) is 0 Å². The SMILES string of the molecule is CCS(=O)(=O)Nc1ccc(N2CCCN(Cc3ccc(F)cc3)C2=O)cc1. The van der Waals surface area contributed by atoms with Crippen LogP contribution in [0.4, 0.5) is 20.6 Å². The molecule has 6 nitrogen and oxygen atoms in total. The zero-order valence-electron chi connectivity index (χ0n) is 15.1. The quantitative estimate of drug-likeness (QED) is 0.820. The summed E-state index contributed by atoms with van der Waals surface area (Å²) in [5.41, 5.74) is 2.05. The first-order valence-corrected chi connectivity index (χ1v) is 10.4. The molecule has 1 N–H and O–H groups in total. The Morgan fingerprint density at radius 3 is 2.33 bits per heavy atom. The molecule has 1 heterocycles. The molecule has 1 fully saturated rings. The molecule has 0 atom stereocenters. The molecule has 2 aromatic carbocycles. The van der Waals surface area contributed by atoms with E-state index in [1.54, 1.807) is 53.1 Å². The van der Waals surface area contributed by atoms with Crippen LogP contribution in [0.5, 0.6) is 0 Å². The Hall–Kier alpha value is -2.61. The monoisotopic (exact) mass is 391 g/mol. The van der Waals surface area contributed by atoms with Crippen molar-refractivity contribution in [2.45, 2.75) is 19.9 Å². The van der Waals surface area contributed by atoms with E-state index in [-0.39, 0.29) is 17.6 Å². The zero-order chi connectivity index (χ0) is 19.4. The second kappa shape index (κ2) is 7.96. The number of carbonyl (C=O) groups excluding carboxylic acids is 1. The van der Waals surface area contributed by atoms with Crippen molar-refractivity contribution in [2.75, 3.05) is 28.5 Å². The van der Waals surface area contributed by atoms with Gasteiger partial charge in [0.25, 0.3) is 0 Å². The Morgan fingerprint density at radius 1 is 1.04 bits per heavy atom. The highest BCUT2D eigenvalue weighted by Gasteiger charge is 2.26. The maximum absolute atomic E-state index is 13.1. The first-order chi connectivity index (χ1) is 12.9. The molecule has 1 saturated heterocycles. The number of nitrogens with one attached hydrogen (secondary N) is 1. The highest BCUT2D eigenvalue weighted by atomic mass is 32.2. The lowest BCUT2D eigenvalue weighted by Crippen LogP contribution is -2.49. The van der Waals surface area contributed by atoms with E-state index in [2.05, 4.69) is 4.72 Å². The molecule has 3 rings (SSSR count). The van der Waals surface area contributed by atoms with Gasteiger partial charge in [-0.05, 0) is 55.3 Å². The highest BCUT2D eigenvalue weighted by molar-refractivity contribution is 7.92. The van der Waals surface area contributed by atoms with Crippen molar-refractivity contribution in [1.29, 1.82) is 0 Å². The van der Waals surface area contributed by atoms with Crippen molar-refractivity contribution >= 4 is 27.4 Å². The molecule has 0 unspecified atom stereocenters. The number of halogens is 1. The van der Waals surface area contributed by atoms with Crippen LogP contribution in [0.15, 0.2) is 48.5 Å². The lowest BCUT2D eigenvalue weighted by atomic mass is 10.1. The van der Waals surface area contributed by atoms with E-state index in [0.29, 0.717) is 31.0 Å². The maximum Gasteiger partial charge on any atom is 0.324 e. The second-order valence-electron chi connectivity index (χ2n) is 6.39. The van der Waals surface area contributed by atoms with E-state index in [0.717, 1.165) is 12.0 Å². The standard InChI is InChI=1S/C19H22FN3O3S/c1-2-27(25,26)21-17-8-10-18(11-9-17)23-13-3-12-22(19(23)24)14-15-4-6-16(20)7-5-15/h4-11,21H,2-3,12-14H2,1H3. The minimum atomic E-state index is -3.33. The number of benzene rings is 2. The van der Waals surface area contributed by atoms with E-state index < -0.39 is 10.0 Å². The number of amides is 2. The van der Waals surface area contributed by atoms with E-state index >= 15 is 0 Å². The number of sulfonamides is 1. The number of rotatable bonds is 6. The molecule has 0 bridgehead atoms. The van der Waals surface area contributed by atoms with Crippen molar-refractivity contribution in [3.63, 3.8) is 0 Å². The van der Waals surface area contributed by atoms with Gasteiger partial charge in [0, 0.05) is 31.0 Å². The van der Waals surface area contributed by atoms with Gasteiger partial charge in [-0.3, -0.25) is 9.62 Å². The van der Waals surface area contributed by atoms with Crippen molar-refractivity contribution in [1.82, 2.24) is 4.90 Å². The number of carbonyl (C=O) groups is 1. The van der Waals surface area contributed by atoms with Crippen molar-refractivity contribution in [2.24, 2.45) is 0 Å². The zero-order valence-corrected chi connectivity index (χ0v) is 15.9. The number of hydrogen-bond acceptors (Lipinski definition) is 3. The molecule has 0 spiro atoms. The van der Waals surface area contributed by atoms with Gasteiger partial charge in [-0.25, -0.2) is 17.6 Å². The minimum absolute atomic E-state index is 0.00227. The fourth-order valence-corrected chi connectivity index (χ4v) is 3.58. The van der Waals surface area contributed by atoms with E-state index in [1.807, 2.05) is 0 Å². The summed E-state index contributed by atoms with van der Waals surface area (Å²) >= 11 is 0. The first kappa shape index (κ1) is 19.2. The smallest absolute Gasteiger partial charge is 0.320 e. The van der Waals surface area contributed by atoms with Gasteiger partial charge in [-0.15, -0.1) is 0 Å². The lowest BCUT2D eigenvalue weighted by molar-refractivity contribution is 0.192. The average Bonchev–Trinajstić information content (AvgIpc) is 2.66. The molecule has 8 heteroatoms. The number of hydrogen-bond donors (Lipinski definition) is 1. The summed E-state index contributed by atoms with van der Waals surface area (Å²) in [7, 11) is -3.33. The number of nitrogens with zero attached hydrogens (tertiary/aromatic N) is 2. The molecule has 0 aromatic heterocycles. The molecule has 0 radical (unpaired) electrons. The molecule has 2 amide bonds. The second-order valence-corrected chi connectivity index (χ2v) is 8.40. The van der Waals surface area contributed by atoms with Gasteiger partial charge < -0.3 is 4.90 Å². The molecule has 0 aliphatic carbocycles. The summed E-state index contributed by atoms with van der Waals surface area (Å²) in [4.78, 5) is 16.2. The lowest BCUT2D eigenvalue weighted by Gasteiger charge is -2.35. The fourth-order valence-electron chi connectivity index (χ4n) is 2.94. The third-order valence-corrected chi connectivity index (χ3v) is 5.74. The van der Waals surface area contributed by atoms with Crippen LogP contribution in [-0.4, -0.2) is 38.2 Å². The highest BCUT2D eigenvalue weighted by Crippen LogP contribution is 2.23. The predicted octanol–water partition coefficient (Wildman–Crippen LogP) is 3.42. The molecule has 0 saturated carbocycles. The van der Waals surface area contributed by atoms with E-state index in [4.69, 9.17) is 0 Å². The average molecular weight is 391 g/mol. The van der Waals surface area contributed by atoms with Gasteiger partial charge in [0.1, 0.15) is 5.82 Å². The largest absolute Gasteiger partial charge is 0.324 e. The third kappa shape index (κ3) is 4.77. The normalized spacial score (nSPS) is 15.1. The topological polar surface area (TPSA) is 69.7 Å². The summed E-state index contributed by atoms with van der Waals surface area (Å²) in [5.74, 6) is -0.304. The maximum atomic E-state index is 13.1. The van der Waals surface area contributed by atoms with Gasteiger partial charge in [0.05, 0.1) is 5.75 Å². The first-order valence-electron chi connectivity index (χ1n) is 8.79.